The lowest BCUT2D eigenvalue weighted by atomic mass is 10.1. The van der Waals surface area contributed by atoms with Gasteiger partial charge in [-0.25, -0.2) is 36.5 Å². The summed E-state index contributed by atoms with van der Waals surface area (Å²) >= 11 is 0. The van der Waals surface area contributed by atoms with E-state index in [4.69, 9.17) is 4.74 Å². The van der Waals surface area contributed by atoms with Gasteiger partial charge in [0.15, 0.2) is 17.3 Å². The summed E-state index contributed by atoms with van der Waals surface area (Å²) in [6.45, 7) is 2.95. The van der Waals surface area contributed by atoms with Gasteiger partial charge in [0, 0.05) is 49.0 Å². The molecule has 2 N–H and O–H groups in total. The molecule has 5 heterocycles. The van der Waals surface area contributed by atoms with Crippen molar-refractivity contribution in [3.05, 3.63) is 60.2 Å². The van der Waals surface area contributed by atoms with E-state index in [2.05, 4.69) is 20.3 Å². The van der Waals surface area contributed by atoms with Crippen molar-refractivity contribution in [3.63, 3.8) is 0 Å². The van der Waals surface area contributed by atoms with Crippen molar-refractivity contribution in [2.24, 2.45) is 0 Å². The summed E-state index contributed by atoms with van der Waals surface area (Å²) in [5, 5.41) is 12.1. The molecule has 2 aliphatic heterocycles. The Balaban J connectivity index is 1.54. The molecular formula is C29H29F4N7O5S. The van der Waals surface area contributed by atoms with Gasteiger partial charge in [-0.2, -0.15) is 13.2 Å². The van der Waals surface area contributed by atoms with Crippen LogP contribution in [0.2, 0.25) is 0 Å². The Labute approximate surface area is 260 Å². The molecule has 4 aromatic rings. The summed E-state index contributed by atoms with van der Waals surface area (Å²) in [5.41, 5.74) is -2.61. The number of pyridine rings is 1. The van der Waals surface area contributed by atoms with Gasteiger partial charge in [-0.3, -0.25) is 0 Å². The molecule has 2 unspecified atom stereocenters. The smallest absolute Gasteiger partial charge is 0.419 e. The van der Waals surface area contributed by atoms with Crippen molar-refractivity contribution in [2.45, 2.75) is 42.9 Å². The maximum Gasteiger partial charge on any atom is 0.419 e. The maximum atomic E-state index is 15.8. The van der Waals surface area contributed by atoms with Crippen molar-refractivity contribution in [3.8, 4) is 11.3 Å². The zero-order chi connectivity index (χ0) is 32.8. The molecule has 2 fully saturated rings. The average molecular weight is 664 g/mol. The molecule has 1 aromatic carbocycles. The quantitative estimate of drug-likeness (QED) is 0.280. The molecule has 12 nitrogen and oxygen atoms in total. The number of likely N-dealkylation sites (tertiary alicyclic amines) is 1. The first-order valence-corrected chi connectivity index (χ1v) is 15.8. The second kappa shape index (κ2) is 12.0. The summed E-state index contributed by atoms with van der Waals surface area (Å²) < 4.78 is 93.0. The number of morpholine rings is 1. The number of carbonyl (C=O) groups is 1. The molecule has 0 bridgehead atoms. The van der Waals surface area contributed by atoms with Gasteiger partial charge >= 0.3 is 12.3 Å². The number of carboxylic acid groups (broad SMARTS) is 1. The van der Waals surface area contributed by atoms with E-state index < -0.39 is 45.4 Å². The van der Waals surface area contributed by atoms with Crippen LogP contribution in [0.5, 0.6) is 0 Å². The fraction of sp³-hybridized carbons (Fsp3) is 0.379. The number of hydrogen-bond donors (Lipinski definition) is 2. The van der Waals surface area contributed by atoms with Gasteiger partial charge in [0.1, 0.15) is 5.56 Å². The molecule has 0 radical (unpaired) electrons. The Kier molecular flexibility index (Phi) is 8.22. The molecule has 0 aliphatic carbocycles. The number of alkyl halides is 3. The molecule has 2 atom stereocenters. The minimum atomic E-state index is -4.97. The molecule has 2 saturated heterocycles. The third-order valence-electron chi connectivity index (χ3n) is 8.00. The number of anilines is 2. The fourth-order valence-corrected chi connectivity index (χ4v) is 7.06. The Hall–Kier alpha value is -4.51. The van der Waals surface area contributed by atoms with E-state index in [1.807, 2.05) is 0 Å². The van der Waals surface area contributed by atoms with Gasteiger partial charge in [0.25, 0.3) is 10.0 Å². The van der Waals surface area contributed by atoms with Crippen LogP contribution in [0.3, 0.4) is 0 Å². The van der Waals surface area contributed by atoms with Gasteiger partial charge in [0.2, 0.25) is 5.95 Å². The molecule has 2 aliphatic rings. The summed E-state index contributed by atoms with van der Waals surface area (Å²) in [5.74, 6) is -1.27. The van der Waals surface area contributed by atoms with E-state index in [-0.39, 0.29) is 65.6 Å². The van der Waals surface area contributed by atoms with E-state index >= 15 is 4.39 Å². The summed E-state index contributed by atoms with van der Waals surface area (Å²) in [6, 6.07) is 7.41. The van der Waals surface area contributed by atoms with Crippen molar-refractivity contribution in [1.82, 2.24) is 23.8 Å². The van der Waals surface area contributed by atoms with Crippen molar-refractivity contribution < 1.29 is 40.6 Å². The molecule has 46 heavy (non-hydrogen) atoms. The predicted octanol–water partition coefficient (Wildman–Crippen LogP) is 4.67. The third-order valence-corrected chi connectivity index (χ3v) is 9.66. The van der Waals surface area contributed by atoms with E-state index in [1.54, 1.807) is 17.9 Å². The molecular weight excluding hydrogens is 634 g/mol. The molecule has 0 saturated carbocycles. The van der Waals surface area contributed by atoms with E-state index in [1.165, 1.54) is 29.2 Å². The molecule has 1 amide bonds. The van der Waals surface area contributed by atoms with Crippen LogP contribution < -0.4 is 10.2 Å². The van der Waals surface area contributed by atoms with Crippen molar-refractivity contribution in [2.75, 3.05) is 43.1 Å². The van der Waals surface area contributed by atoms with E-state index in [0.717, 1.165) is 16.2 Å². The number of halogens is 4. The lowest BCUT2D eigenvalue weighted by Crippen LogP contribution is -2.44. The van der Waals surface area contributed by atoms with Crippen LogP contribution in [0, 0.1) is 5.82 Å². The summed E-state index contributed by atoms with van der Waals surface area (Å²) in [4.78, 5) is 26.5. The van der Waals surface area contributed by atoms with Crippen LogP contribution in [-0.4, -0.2) is 88.4 Å². The fourth-order valence-electron chi connectivity index (χ4n) is 5.72. The summed E-state index contributed by atoms with van der Waals surface area (Å²) in [6.07, 6.45) is -3.56. The Morgan fingerprint density at radius 2 is 1.91 bits per heavy atom. The molecule has 3 aromatic heterocycles. The molecule has 17 heteroatoms. The first-order chi connectivity index (χ1) is 21.8. The first-order valence-electron chi connectivity index (χ1n) is 14.4. The van der Waals surface area contributed by atoms with Gasteiger partial charge in [-0.05, 0) is 38.0 Å². The number of ether oxygens (including phenoxy) is 1. The highest BCUT2D eigenvalue weighted by Gasteiger charge is 2.38. The van der Waals surface area contributed by atoms with Crippen molar-refractivity contribution in [1.29, 1.82) is 0 Å². The number of hydrogen-bond acceptors (Lipinski definition) is 9. The highest BCUT2D eigenvalue weighted by molar-refractivity contribution is 7.90. The zero-order valence-electron chi connectivity index (χ0n) is 24.4. The van der Waals surface area contributed by atoms with Crippen LogP contribution in [0.4, 0.5) is 34.1 Å². The number of nitrogens with zero attached hydrogens (tertiary/aromatic N) is 6. The zero-order valence-corrected chi connectivity index (χ0v) is 25.2. The minimum absolute atomic E-state index is 0.0571. The van der Waals surface area contributed by atoms with Crippen LogP contribution in [-0.2, 0) is 20.9 Å². The number of amides is 1. The van der Waals surface area contributed by atoms with Gasteiger partial charge in [-0.15, -0.1) is 0 Å². The standard InChI is InChI=1S/C29H29F4N7O5S/c1-17-16-45-11-10-39(17)26-23(30)12-20-21(15-40(25(20)37-26)46(43,44)19-7-3-2-4-8-19)24-22(29(31,32)33)13-34-27(36-24)35-18-6-5-9-38(14-18)28(41)42/h2-4,7-8,12-13,15,17-18H,5-6,9-11,14,16H2,1H3,(H,41,42)(H,34,35,36). The average Bonchev–Trinajstić information content (AvgIpc) is 3.40. The SMILES string of the molecule is CC1COCCN1c1nc2c(cc1F)c(-c1nc(NC3CCCN(C(=O)O)C3)ncc1C(F)(F)F)cn2S(=O)(=O)c1ccccc1. The van der Waals surface area contributed by atoms with Crippen LogP contribution in [0.15, 0.2) is 53.7 Å². The van der Waals surface area contributed by atoms with Gasteiger partial charge in [0.05, 0.1) is 29.8 Å². The van der Waals surface area contributed by atoms with Crippen LogP contribution in [0.25, 0.3) is 22.3 Å². The number of rotatable bonds is 6. The van der Waals surface area contributed by atoms with Crippen molar-refractivity contribution >= 4 is 38.9 Å². The van der Waals surface area contributed by atoms with E-state index in [9.17, 15) is 31.5 Å². The largest absolute Gasteiger partial charge is 0.465 e. The van der Waals surface area contributed by atoms with Crippen LogP contribution in [0.1, 0.15) is 25.3 Å². The monoisotopic (exact) mass is 663 g/mol. The topological polar surface area (TPSA) is 143 Å². The van der Waals surface area contributed by atoms with Crippen LogP contribution >= 0.6 is 0 Å². The second-order valence-electron chi connectivity index (χ2n) is 11.1. The van der Waals surface area contributed by atoms with Gasteiger partial charge < -0.3 is 25.0 Å². The lowest BCUT2D eigenvalue weighted by molar-refractivity contribution is -0.137. The van der Waals surface area contributed by atoms with E-state index in [0.29, 0.717) is 25.6 Å². The summed E-state index contributed by atoms with van der Waals surface area (Å²) in [7, 11) is -4.43. The number of aromatic nitrogens is 4. The highest BCUT2D eigenvalue weighted by Crippen LogP contribution is 2.41. The predicted molar refractivity (Wildman–Crippen MR) is 159 cm³/mol. The molecule has 244 valence electrons. The number of fused-ring (bicyclic) bond motifs is 1. The maximum absolute atomic E-state index is 15.8. The normalized spacial score (nSPS) is 19.4. The Morgan fingerprint density at radius 3 is 2.61 bits per heavy atom. The number of benzene rings is 1. The Bertz CT molecular complexity index is 1890. The number of nitrogens with one attached hydrogen (secondary N) is 1. The first kappa shape index (κ1) is 31.5. The number of piperidine rings is 1. The lowest BCUT2D eigenvalue weighted by Gasteiger charge is -2.34. The second-order valence-corrected chi connectivity index (χ2v) is 12.9. The minimum Gasteiger partial charge on any atom is -0.465 e. The van der Waals surface area contributed by atoms with Gasteiger partial charge in [-0.1, -0.05) is 18.2 Å². The Morgan fingerprint density at radius 1 is 1.15 bits per heavy atom. The molecule has 6 rings (SSSR count). The molecule has 0 spiro atoms. The third kappa shape index (κ3) is 5.91. The highest BCUT2D eigenvalue weighted by atomic mass is 32.2.